The molecule has 0 amide bonds. The molecule has 1 aliphatic heterocycles. The highest BCUT2D eigenvalue weighted by molar-refractivity contribution is 6.31. The Balaban J connectivity index is 1.62. The van der Waals surface area contributed by atoms with Crippen LogP contribution in [-0.2, 0) is 14.3 Å². The molecule has 1 heterocycles. The van der Waals surface area contributed by atoms with Crippen molar-refractivity contribution in [2.45, 2.75) is 39.5 Å². The molecule has 2 aromatic carbocycles. The Labute approximate surface area is 199 Å². The topological polar surface area (TPSA) is 65.0 Å². The number of ether oxygens (including phenoxy) is 2. The van der Waals surface area contributed by atoms with Gasteiger partial charge in [-0.1, -0.05) is 61.8 Å². The number of carbonyl (C=O) groups excluding carboxylic acids is 2. The smallest absolute Gasteiger partial charge is 0.336 e. The average Bonchev–Trinajstić information content (AvgIpc) is 2.76. The van der Waals surface area contributed by atoms with Crippen LogP contribution in [0.1, 0.15) is 45.1 Å². The number of esters is 1. The number of rotatable bonds is 6. The van der Waals surface area contributed by atoms with Gasteiger partial charge in [0.25, 0.3) is 0 Å². The largest absolute Gasteiger partial charge is 0.490 e. The number of Topliss-reactive ketones (excluding diaryl/α,β-unsaturated/α-hetero) is 1. The van der Waals surface area contributed by atoms with Gasteiger partial charge in [0.05, 0.1) is 11.5 Å². The molecule has 0 aromatic heterocycles. The van der Waals surface area contributed by atoms with E-state index in [1.165, 1.54) is 0 Å². The van der Waals surface area contributed by atoms with Crippen LogP contribution in [0.2, 0.25) is 5.02 Å². The summed E-state index contributed by atoms with van der Waals surface area (Å²) < 4.78 is 11.2. The summed E-state index contributed by atoms with van der Waals surface area (Å²) in [6.45, 7) is 6.26. The van der Waals surface area contributed by atoms with Gasteiger partial charge in [-0.3, -0.25) is 9.79 Å². The van der Waals surface area contributed by atoms with Gasteiger partial charge in [0.15, 0.2) is 0 Å². The Morgan fingerprint density at radius 1 is 1.03 bits per heavy atom. The minimum absolute atomic E-state index is 0.0835. The van der Waals surface area contributed by atoms with Crippen molar-refractivity contribution >= 4 is 29.1 Å². The Morgan fingerprint density at radius 2 is 1.73 bits per heavy atom. The molecule has 2 aliphatic rings. The van der Waals surface area contributed by atoms with Crippen molar-refractivity contribution < 1.29 is 19.1 Å². The maximum Gasteiger partial charge on any atom is 0.336 e. The predicted octanol–water partition coefficient (Wildman–Crippen LogP) is 5.78. The van der Waals surface area contributed by atoms with Gasteiger partial charge >= 0.3 is 5.97 Å². The Bertz CT molecular complexity index is 1120. The number of halogens is 1. The van der Waals surface area contributed by atoms with E-state index >= 15 is 0 Å². The molecule has 1 aliphatic carbocycles. The molecule has 2 atom stereocenters. The van der Waals surface area contributed by atoms with Crippen molar-refractivity contribution in [3.63, 3.8) is 0 Å². The van der Waals surface area contributed by atoms with E-state index in [0.717, 1.165) is 11.3 Å². The minimum atomic E-state index is -0.516. The van der Waals surface area contributed by atoms with Crippen LogP contribution < -0.4 is 4.74 Å². The third-order valence-electron chi connectivity index (χ3n) is 6.15. The molecule has 5 nitrogen and oxygen atoms in total. The quantitative estimate of drug-likeness (QED) is 0.400. The molecular weight excluding hydrogens is 438 g/mol. The Hall–Kier alpha value is -2.92. The van der Waals surface area contributed by atoms with Crippen molar-refractivity contribution in [3.05, 3.63) is 76.5 Å². The number of allylic oxidation sites excluding steroid dienone is 1. The fourth-order valence-electron chi connectivity index (χ4n) is 4.81. The van der Waals surface area contributed by atoms with E-state index in [2.05, 4.69) is 13.8 Å². The summed E-state index contributed by atoms with van der Waals surface area (Å²) in [6, 6.07) is 16.7. The summed E-state index contributed by atoms with van der Waals surface area (Å²) in [7, 11) is 0. The summed E-state index contributed by atoms with van der Waals surface area (Å²) >= 11 is 6.56. The number of fused-ring (bicyclic) bond motifs is 1. The van der Waals surface area contributed by atoms with Gasteiger partial charge in [-0.15, -0.1) is 0 Å². The zero-order chi connectivity index (χ0) is 23.6. The lowest BCUT2D eigenvalue weighted by Crippen LogP contribution is -2.44. The SMILES string of the molecule is CC1=C(C(=O)OCCOc2ccccc2)C(c2ccccc2Cl)C2C(=O)CC(C)(C)CC2=N1. The molecule has 4 rings (SSSR count). The monoisotopic (exact) mass is 465 g/mol. The normalized spacial score (nSPS) is 21.8. The molecule has 0 bridgehead atoms. The molecule has 2 aromatic rings. The zero-order valence-electron chi connectivity index (χ0n) is 19.1. The third kappa shape index (κ3) is 5.03. The van der Waals surface area contributed by atoms with E-state index < -0.39 is 17.8 Å². The third-order valence-corrected chi connectivity index (χ3v) is 6.50. The lowest BCUT2D eigenvalue weighted by Gasteiger charge is -2.41. The summed E-state index contributed by atoms with van der Waals surface area (Å²) in [5.41, 5.74) is 2.37. The van der Waals surface area contributed by atoms with Crippen LogP contribution in [0.5, 0.6) is 5.75 Å². The standard InChI is InChI=1S/C27H28ClNO4/c1-17-23(26(31)33-14-13-32-18-9-5-4-6-10-18)24(19-11-7-8-12-20(19)28)25-21(29-17)15-27(2,3)16-22(25)30/h4-12,24-25H,13-16H2,1-3H3. The van der Waals surface area contributed by atoms with Gasteiger partial charge in [-0.25, -0.2) is 4.79 Å². The van der Waals surface area contributed by atoms with Gasteiger partial charge in [-0.2, -0.15) is 0 Å². The van der Waals surface area contributed by atoms with E-state index in [4.69, 9.17) is 26.1 Å². The molecule has 6 heteroatoms. The summed E-state index contributed by atoms with van der Waals surface area (Å²) in [6.07, 6.45) is 1.14. The first-order chi connectivity index (χ1) is 15.8. The van der Waals surface area contributed by atoms with Crippen LogP contribution in [0.25, 0.3) is 0 Å². The molecule has 0 N–H and O–H groups in total. The summed E-state index contributed by atoms with van der Waals surface area (Å²) in [5.74, 6) is -0.725. The highest BCUT2D eigenvalue weighted by atomic mass is 35.5. The number of hydrogen-bond donors (Lipinski definition) is 0. The maximum absolute atomic E-state index is 13.3. The van der Waals surface area contributed by atoms with E-state index in [9.17, 15) is 9.59 Å². The second-order valence-electron chi connectivity index (χ2n) is 9.36. The molecule has 0 radical (unpaired) electrons. The zero-order valence-corrected chi connectivity index (χ0v) is 19.9. The van der Waals surface area contributed by atoms with Crippen LogP contribution in [-0.4, -0.2) is 30.7 Å². The highest BCUT2D eigenvalue weighted by Gasteiger charge is 2.48. The van der Waals surface area contributed by atoms with Crippen molar-refractivity contribution in [1.29, 1.82) is 0 Å². The maximum atomic E-state index is 13.3. The van der Waals surface area contributed by atoms with Crippen LogP contribution >= 0.6 is 11.6 Å². The molecule has 0 spiro atoms. The molecule has 0 saturated heterocycles. The van der Waals surface area contributed by atoms with Gasteiger partial charge in [0.2, 0.25) is 0 Å². The Morgan fingerprint density at radius 3 is 2.45 bits per heavy atom. The number of nitrogens with zero attached hydrogens (tertiary/aromatic N) is 1. The van der Waals surface area contributed by atoms with Crippen molar-refractivity contribution in [3.8, 4) is 5.75 Å². The van der Waals surface area contributed by atoms with Crippen molar-refractivity contribution in [2.24, 2.45) is 16.3 Å². The lowest BCUT2D eigenvalue weighted by molar-refractivity contribution is -0.140. The van der Waals surface area contributed by atoms with Gasteiger partial charge in [-0.05, 0) is 42.5 Å². The van der Waals surface area contributed by atoms with Crippen LogP contribution in [0.15, 0.2) is 70.9 Å². The first-order valence-electron chi connectivity index (χ1n) is 11.2. The van der Waals surface area contributed by atoms with Gasteiger partial charge in [0, 0.05) is 28.8 Å². The van der Waals surface area contributed by atoms with Crippen LogP contribution in [0.3, 0.4) is 0 Å². The van der Waals surface area contributed by atoms with E-state index in [1.54, 1.807) is 13.0 Å². The van der Waals surface area contributed by atoms with E-state index in [-0.39, 0.29) is 24.4 Å². The number of aliphatic imine (C=N–C) groups is 1. The summed E-state index contributed by atoms with van der Waals surface area (Å²) in [4.78, 5) is 31.3. The second-order valence-corrected chi connectivity index (χ2v) is 9.77. The lowest BCUT2D eigenvalue weighted by atomic mass is 9.63. The molecule has 33 heavy (non-hydrogen) atoms. The van der Waals surface area contributed by atoms with E-state index in [1.807, 2.05) is 48.5 Å². The second kappa shape index (κ2) is 9.52. The average molecular weight is 466 g/mol. The van der Waals surface area contributed by atoms with Gasteiger partial charge in [0.1, 0.15) is 24.7 Å². The number of carbonyl (C=O) groups is 2. The first kappa shape index (κ1) is 23.2. The molecule has 1 fully saturated rings. The molecule has 172 valence electrons. The summed E-state index contributed by atoms with van der Waals surface area (Å²) in [5, 5.41) is 0.520. The van der Waals surface area contributed by atoms with Crippen LogP contribution in [0.4, 0.5) is 0 Å². The first-order valence-corrected chi connectivity index (χ1v) is 11.5. The van der Waals surface area contributed by atoms with Crippen molar-refractivity contribution in [2.75, 3.05) is 13.2 Å². The molecule has 1 saturated carbocycles. The minimum Gasteiger partial charge on any atom is -0.490 e. The fourth-order valence-corrected chi connectivity index (χ4v) is 5.06. The predicted molar refractivity (Wildman–Crippen MR) is 129 cm³/mol. The van der Waals surface area contributed by atoms with Crippen molar-refractivity contribution in [1.82, 2.24) is 0 Å². The number of para-hydroxylation sites is 1. The molecular formula is C27H28ClNO4. The molecule has 2 unspecified atom stereocenters. The number of hydrogen-bond acceptors (Lipinski definition) is 5. The number of ketones is 1. The number of benzene rings is 2. The van der Waals surface area contributed by atoms with Gasteiger partial charge < -0.3 is 9.47 Å². The van der Waals surface area contributed by atoms with E-state index in [0.29, 0.717) is 34.9 Å². The fraction of sp³-hybridized carbons (Fsp3) is 0.370. The van der Waals surface area contributed by atoms with Crippen LogP contribution in [0, 0.1) is 11.3 Å². The Kier molecular flexibility index (Phi) is 6.71. The highest BCUT2D eigenvalue weighted by Crippen LogP contribution is 2.48.